The molecule has 112 valence electrons. The van der Waals surface area contributed by atoms with Crippen molar-refractivity contribution in [1.29, 1.82) is 0 Å². The SMILES string of the molecule is O=C(O)c1ccc(COc2ccc(F)c(C(F)(F)F)c2)s1. The summed E-state index contributed by atoms with van der Waals surface area (Å²) in [5.74, 6) is -2.61. The topological polar surface area (TPSA) is 46.5 Å². The third-order valence-corrected chi connectivity index (χ3v) is 3.54. The number of thiophene rings is 1. The number of aromatic carboxylic acids is 1. The van der Waals surface area contributed by atoms with Crippen LogP contribution in [-0.2, 0) is 12.8 Å². The van der Waals surface area contributed by atoms with Gasteiger partial charge >= 0.3 is 12.1 Å². The molecule has 0 spiro atoms. The number of rotatable bonds is 4. The standard InChI is InChI=1S/C13H8F4O3S/c14-10-3-1-7(5-9(10)13(15,16)17)20-6-8-2-4-11(21-8)12(18)19/h1-5H,6H2,(H,18,19). The van der Waals surface area contributed by atoms with E-state index in [1.807, 2.05) is 0 Å². The van der Waals surface area contributed by atoms with Crippen LogP contribution in [0.2, 0.25) is 0 Å². The summed E-state index contributed by atoms with van der Waals surface area (Å²) in [4.78, 5) is 11.3. The summed E-state index contributed by atoms with van der Waals surface area (Å²) in [6, 6.07) is 5.20. The summed E-state index contributed by atoms with van der Waals surface area (Å²) < 4.78 is 55.8. The van der Waals surface area contributed by atoms with Gasteiger partial charge in [0, 0.05) is 4.88 Å². The summed E-state index contributed by atoms with van der Waals surface area (Å²) in [5.41, 5.74) is -1.41. The summed E-state index contributed by atoms with van der Waals surface area (Å²) >= 11 is 0.952. The second-order valence-electron chi connectivity index (χ2n) is 4.00. The van der Waals surface area contributed by atoms with E-state index in [-0.39, 0.29) is 17.2 Å². The second-order valence-corrected chi connectivity index (χ2v) is 5.17. The summed E-state index contributed by atoms with van der Waals surface area (Å²) in [5, 5.41) is 8.74. The van der Waals surface area contributed by atoms with Gasteiger partial charge in [-0.05, 0) is 30.3 Å². The van der Waals surface area contributed by atoms with E-state index in [0.29, 0.717) is 17.0 Å². The maximum absolute atomic E-state index is 13.1. The van der Waals surface area contributed by atoms with Crippen molar-refractivity contribution in [2.75, 3.05) is 0 Å². The summed E-state index contributed by atoms with van der Waals surface area (Å²) in [7, 11) is 0. The minimum atomic E-state index is -4.80. The van der Waals surface area contributed by atoms with Gasteiger partial charge in [0.05, 0.1) is 5.56 Å². The number of alkyl halides is 3. The number of hydrogen-bond acceptors (Lipinski definition) is 3. The molecule has 0 unspecified atom stereocenters. The lowest BCUT2D eigenvalue weighted by molar-refractivity contribution is -0.140. The maximum atomic E-state index is 13.1. The molecule has 0 aliphatic heterocycles. The molecule has 0 fully saturated rings. The van der Waals surface area contributed by atoms with E-state index >= 15 is 0 Å². The minimum Gasteiger partial charge on any atom is -0.488 e. The molecular weight excluding hydrogens is 312 g/mol. The fourth-order valence-electron chi connectivity index (χ4n) is 1.54. The molecule has 2 aromatic rings. The predicted molar refractivity (Wildman–Crippen MR) is 67.0 cm³/mol. The highest BCUT2D eigenvalue weighted by molar-refractivity contribution is 7.13. The second kappa shape index (κ2) is 5.72. The highest BCUT2D eigenvalue weighted by Gasteiger charge is 2.34. The van der Waals surface area contributed by atoms with E-state index in [1.165, 1.54) is 12.1 Å². The Hall–Kier alpha value is -2.09. The van der Waals surface area contributed by atoms with Gasteiger partial charge in [-0.25, -0.2) is 9.18 Å². The average Bonchev–Trinajstić information content (AvgIpc) is 2.85. The molecule has 1 N–H and O–H groups in total. The zero-order chi connectivity index (χ0) is 15.6. The van der Waals surface area contributed by atoms with Crippen LogP contribution in [0, 0.1) is 5.82 Å². The van der Waals surface area contributed by atoms with Crippen LogP contribution >= 0.6 is 11.3 Å². The van der Waals surface area contributed by atoms with Crippen LogP contribution < -0.4 is 4.74 Å². The molecule has 0 aliphatic carbocycles. The van der Waals surface area contributed by atoms with E-state index < -0.39 is 23.5 Å². The van der Waals surface area contributed by atoms with E-state index in [0.717, 1.165) is 17.4 Å². The number of carboxylic acids is 1. The Bertz CT molecular complexity index is 664. The van der Waals surface area contributed by atoms with E-state index in [1.54, 1.807) is 0 Å². The number of halogens is 4. The van der Waals surface area contributed by atoms with E-state index in [4.69, 9.17) is 9.84 Å². The molecule has 0 saturated carbocycles. The van der Waals surface area contributed by atoms with Crippen LogP contribution in [0.4, 0.5) is 17.6 Å². The molecule has 1 aromatic carbocycles. The zero-order valence-corrected chi connectivity index (χ0v) is 11.1. The molecule has 8 heteroatoms. The van der Waals surface area contributed by atoms with Gasteiger partial charge in [0.25, 0.3) is 0 Å². The molecule has 1 heterocycles. The average molecular weight is 320 g/mol. The first kappa shape index (κ1) is 15.3. The van der Waals surface area contributed by atoms with Crippen molar-refractivity contribution >= 4 is 17.3 Å². The van der Waals surface area contributed by atoms with Gasteiger partial charge in [-0.15, -0.1) is 11.3 Å². The summed E-state index contributed by atoms with van der Waals surface area (Å²) in [6.45, 7) is -0.0964. The van der Waals surface area contributed by atoms with Gasteiger partial charge in [-0.2, -0.15) is 13.2 Å². The Morgan fingerprint density at radius 1 is 1.24 bits per heavy atom. The van der Waals surface area contributed by atoms with Crippen molar-refractivity contribution in [3.63, 3.8) is 0 Å². The fraction of sp³-hybridized carbons (Fsp3) is 0.154. The number of benzene rings is 1. The smallest absolute Gasteiger partial charge is 0.419 e. The minimum absolute atomic E-state index is 0.0964. The molecule has 0 atom stereocenters. The van der Waals surface area contributed by atoms with Crippen LogP contribution in [0.3, 0.4) is 0 Å². The van der Waals surface area contributed by atoms with Gasteiger partial charge in [-0.1, -0.05) is 0 Å². The molecule has 1 aromatic heterocycles. The number of hydrogen-bond donors (Lipinski definition) is 1. The van der Waals surface area contributed by atoms with Crippen LogP contribution in [0.25, 0.3) is 0 Å². The molecule has 2 rings (SSSR count). The van der Waals surface area contributed by atoms with Gasteiger partial charge in [0.1, 0.15) is 23.1 Å². The maximum Gasteiger partial charge on any atom is 0.419 e. The van der Waals surface area contributed by atoms with Gasteiger partial charge in [0.15, 0.2) is 0 Å². The zero-order valence-electron chi connectivity index (χ0n) is 10.3. The molecule has 0 saturated heterocycles. The summed E-state index contributed by atoms with van der Waals surface area (Å²) in [6.07, 6.45) is -4.80. The highest BCUT2D eigenvalue weighted by Crippen LogP contribution is 2.33. The van der Waals surface area contributed by atoms with Crippen molar-refractivity contribution < 1.29 is 32.2 Å². The normalized spacial score (nSPS) is 11.4. The van der Waals surface area contributed by atoms with Crippen LogP contribution in [-0.4, -0.2) is 11.1 Å². The lowest BCUT2D eigenvalue weighted by Gasteiger charge is -2.10. The molecule has 0 bridgehead atoms. The van der Waals surface area contributed by atoms with E-state index in [9.17, 15) is 22.4 Å². The predicted octanol–water partition coefficient (Wildman–Crippen LogP) is 4.18. The molecular formula is C13H8F4O3S. The first-order valence-corrected chi connectivity index (χ1v) is 6.40. The first-order chi connectivity index (χ1) is 9.77. The van der Waals surface area contributed by atoms with E-state index in [2.05, 4.69) is 0 Å². The molecule has 0 amide bonds. The van der Waals surface area contributed by atoms with Gasteiger partial charge in [-0.3, -0.25) is 0 Å². The third-order valence-electron chi connectivity index (χ3n) is 2.50. The Balaban J connectivity index is 2.11. The van der Waals surface area contributed by atoms with Crippen molar-refractivity contribution in [2.24, 2.45) is 0 Å². The molecule has 21 heavy (non-hydrogen) atoms. The van der Waals surface area contributed by atoms with Crippen LogP contribution in [0.5, 0.6) is 5.75 Å². The number of carboxylic acid groups (broad SMARTS) is 1. The molecule has 0 radical (unpaired) electrons. The van der Waals surface area contributed by atoms with Crippen LogP contribution in [0.1, 0.15) is 20.1 Å². The van der Waals surface area contributed by atoms with Gasteiger partial charge in [0.2, 0.25) is 0 Å². The Kier molecular flexibility index (Phi) is 4.17. The largest absolute Gasteiger partial charge is 0.488 e. The monoisotopic (exact) mass is 320 g/mol. The van der Waals surface area contributed by atoms with Crippen molar-refractivity contribution in [1.82, 2.24) is 0 Å². The van der Waals surface area contributed by atoms with Crippen LogP contribution in [0.15, 0.2) is 30.3 Å². The number of ether oxygens (including phenoxy) is 1. The fourth-order valence-corrected chi connectivity index (χ4v) is 2.30. The van der Waals surface area contributed by atoms with Crippen molar-refractivity contribution in [2.45, 2.75) is 12.8 Å². The third kappa shape index (κ3) is 3.72. The quantitative estimate of drug-likeness (QED) is 0.860. The van der Waals surface area contributed by atoms with Crippen molar-refractivity contribution in [3.05, 3.63) is 51.5 Å². The van der Waals surface area contributed by atoms with Gasteiger partial charge < -0.3 is 9.84 Å². The first-order valence-electron chi connectivity index (χ1n) is 5.59. The highest BCUT2D eigenvalue weighted by atomic mass is 32.1. The Morgan fingerprint density at radius 3 is 2.52 bits per heavy atom. The molecule has 3 nitrogen and oxygen atoms in total. The lowest BCUT2D eigenvalue weighted by Crippen LogP contribution is -2.08. The molecule has 0 aliphatic rings. The Morgan fingerprint density at radius 2 is 1.95 bits per heavy atom. The van der Waals surface area contributed by atoms with Crippen molar-refractivity contribution in [3.8, 4) is 5.75 Å². The number of carbonyl (C=O) groups is 1. The lowest BCUT2D eigenvalue weighted by atomic mass is 10.2. The Labute approximate surface area is 120 Å².